The first-order chi connectivity index (χ1) is 6.75. The Morgan fingerprint density at radius 1 is 1.50 bits per heavy atom. The van der Waals surface area contributed by atoms with Crippen LogP contribution in [0.5, 0.6) is 0 Å². The Morgan fingerprint density at radius 2 is 2.29 bits per heavy atom. The van der Waals surface area contributed by atoms with Crippen molar-refractivity contribution in [2.24, 2.45) is 0 Å². The fraction of sp³-hybridized carbons (Fsp3) is 0.455. The minimum atomic E-state index is -0.450. The summed E-state index contributed by atoms with van der Waals surface area (Å²) in [6.07, 6.45) is 2.03. The van der Waals surface area contributed by atoms with Gasteiger partial charge >= 0.3 is 0 Å². The van der Waals surface area contributed by atoms with Gasteiger partial charge in [0.15, 0.2) is 0 Å². The van der Waals surface area contributed by atoms with Gasteiger partial charge in [-0.2, -0.15) is 0 Å². The second-order valence-electron chi connectivity index (χ2n) is 3.75. The monoisotopic (exact) mass is 211 g/mol. The van der Waals surface area contributed by atoms with E-state index in [-0.39, 0.29) is 0 Å². The third-order valence-electron chi connectivity index (χ3n) is 2.41. The number of rotatable bonds is 4. The summed E-state index contributed by atoms with van der Waals surface area (Å²) in [5.74, 6) is 0. The summed E-state index contributed by atoms with van der Waals surface area (Å²) in [6.45, 7) is 0.616. The molecule has 0 spiro atoms. The van der Waals surface area contributed by atoms with Crippen molar-refractivity contribution in [2.75, 3.05) is 6.54 Å². The highest BCUT2D eigenvalue weighted by molar-refractivity contribution is 6.30. The maximum atomic E-state index is 9.80. The van der Waals surface area contributed by atoms with E-state index in [2.05, 4.69) is 5.32 Å². The minimum absolute atomic E-state index is 0.450. The van der Waals surface area contributed by atoms with Crippen LogP contribution in [0.2, 0.25) is 5.02 Å². The molecule has 1 aliphatic rings. The highest BCUT2D eigenvalue weighted by Gasteiger charge is 2.21. The summed E-state index contributed by atoms with van der Waals surface area (Å²) >= 11 is 5.83. The average Bonchev–Trinajstić information content (AvgIpc) is 2.97. The van der Waals surface area contributed by atoms with Crippen molar-refractivity contribution in [1.29, 1.82) is 0 Å². The summed E-state index contributed by atoms with van der Waals surface area (Å²) < 4.78 is 0. The van der Waals surface area contributed by atoms with Gasteiger partial charge in [-0.25, -0.2) is 0 Å². The third kappa shape index (κ3) is 2.71. The largest absolute Gasteiger partial charge is 0.387 e. The van der Waals surface area contributed by atoms with Gasteiger partial charge in [-0.1, -0.05) is 23.7 Å². The lowest BCUT2D eigenvalue weighted by Gasteiger charge is -2.11. The summed E-state index contributed by atoms with van der Waals surface area (Å²) in [7, 11) is 0. The van der Waals surface area contributed by atoms with E-state index in [9.17, 15) is 5.11 Å². The molecule has 2 nitrogen and oxygen atoms in total. The van der Waals surface area contributed by atoms with Crippen LogP contribution in [0.15, 0.2) is 24.3 Å². The first kappa shape index (κ1) is 9.97. The zero-order valence-electron chi connectivity index (χ0n) is 7.91. The molecule has 0 amide bonds. The van der Waals surface area contributed by atoms with E-state index in [0.717, 1.165) is 5.56 Å². The van der Waals surface area contributed by atoms with Crippen LogP contribution in [0.25, 0.3) is 0 Å². The molecule has 1 atom stereocenters. The highest BCUT2D eigenvalue weighted by atomic mass is 35.5. The zero-order chi connectivity index (χ0) is 9.97. The molecule has 1 fully saturated rings. The molecule has 14 heavy (non-hydrogen) atoms. The van der Waals surface area contributed by atoms with Gasteiger partial charge in [0.1, 0.15) is 0 Å². The van der Waals surface area contributed by atoms with E-state index in [0.29, 0.717) is 17.6 Å². The third-order valence-corrected chi connectivity index (χ3v) is 2.65. The van der Waals surface area contributed by atoms with Gasteiger partial charge in [0, 0.05) is 17.6 Å². The Balaban J connectivity index is 1.91. The quantitative estimate of drug-likeness (QED) is 0.800. The SMILES string of the molecule is OC(CNC1CC1)c1cccc(Cl)c1. The molecule has 0 radical (unpaired) electrons. The van der Waals surface area contributed by atoms with Gasteiger partial charge in [-0.3, -0.25) is 0 Å². The predicted molar refractivity (Wildman–Crippen MR) is 57.4 cm³/mol. The molecule has 3 heteroatoms. The van der Waals surface area contributed by atoms with E-state index >= 15 is 0 Å². The topological polar surface area (TPSA) is 32.3 Å². The van der Waals surface area contributed by atoms with Crippen molar-refractivity contribution < 1.29 is 5.11 Å². The second kappa shape index (κ2) is 4.30. The van der Waals surface area contributed by atoms with Crippen LogP contribution in [0.1, 0.15) is 24.5 Å². The Morgan fingerprint density at radius 3 is 2.93 bits per heavy atom. The van der Waals surface area contributed by atoms with Crippen molar-refractivity contribution in [3.63, 3.8) is 0 Å². The van der Waals surface area contributed by atoms with Crippen molar-refractivity contribution >= 4 is 11.6 Å². The predicted octanol–water partition coefficient (Wildman–Crippen LogP) is 2.13. The maximum absolute atomic E-state index is 9.80. The van der Waals surface area contributed by atoms with Gasteiger partial charge in [0.25, 0.3) is 0 Å². The lowest BCUT2D eigenvalue weighted by molar-refractivity contribution is 0.174. The van der Waals surface area contributed by atoms with Crippen molar-refractivity contribution in [1.82, 2.24) is 5.32 Å². The molecule has 2 N–H and O–H groups in total. The van der Waals surface area contributed by atoms with Gasteiger partial charge in [-0.15, -0.1) is 0 Å². The van der Waals surface area contributed by atoms with Gasteiger partial charge in [-0.05, 0) is 30.5 Å². The van der Waals surface area contributed by atoms with Crippen molar-refractivity contribution in [2.45, 2.75) is 25.0 Å². The van der Waals surface area contributed by atoms with E-state index in [4.69, 9.17) is 11.6 Å². The van der Waals surface area contributed by atoms with Gasteiger partial charge < -0.3 is 10.4 Å². The summed E-state index contributed by atoms with van der Waals surface area (Å²) in [5, 5.41) is 13.8. The standard InChI is InChI=1S/C11H14ClNO/c12-9-3-1-2-8(6-9)11(14)7-13-10-4-5-10/h1-3,6,10-11,13-14H,4-5,7H2. The summed E-state index contributed by atoms with van der Waals surface area (Å²) in [4.78, 5) is 0. The van der Waals surface area contributed by atoms with Crippen LogP contribution >= 0.6 is 11.6 Å². The molecular formula is C11H14ClNO. The van der Waals surface area contributed by atoms with Crippen LogP contribution in [0.3, 0.4) is 0 Å². The van der Waals surface area contributed by atoms with E-state index in [1.54, 1.807) is 6.07 Å². The molecular weight excluding hydrogens is 198 g/mol. The molecule has 0 saturated heterocycles. The number of nitrogens with one attached hydrogen (secondary N) is 1. The van der Waals surface area contributed by atoms with Gasteiger partial charge in [0.05, 0.1) is 6.10 Å². The Kier molecular flexibility index (Phi) is 3.06. The molecule has 1 aromatic rings. The molecule has 0 bridgehead atoms. The van der Waals surface area contributed by atoms with Crippen LogP contribution in [-0.2, 0) is 0 Å². The zero-order valence-corrected chi connectivity index (χ0v) is 8.67. The van der Waals surface area contributed by atoms with Crippen molar-refractivity contribution in [3.05, 3.63) is 34.9 Å². The van der Waals surface area contributed by atoms with Crippen LogP contribution in [-0.4, -0.2) is 17.7 Å². The molecule has 1 aliphatic carbocycles. The number of hydrogen-bond acceptors (Lipinski definition) is 2. The Labute approximate surface area is 88.9 Å². The summed E-state index contributed by atoms with van der Waals surface area (Å²) in [5.41, 5.74) is 0.880. The molecule has 1 unspecified atom stereocenters. The first-order valence-electron chi connectivity index (χ1n) is 4.92. The number of benzene rings is 1. The molecule has 1 aromatic carbocycles. The normalized spacial score (nSPS) is 18.1. The van der Waals surface area contributed by atoms with E-state index in [1.165, 1.54) is 12.8 Å². The number of hydrogen-bond donors (Lipinski definition) is 2. The molecule has 0 aromatic heterocycles. The molecule has 0 heterocycles. The van der Waals surface area contributed by atoms with Crippen LogP contribution < -0.4 is 5.32 Å². The summed E-state index contributed by atoms with van der Waals surface area (Å²) in [6, 6.07) is 8.00. The molecule has 76 valence electrons. The lowest BCUT2D eigenvalue weighted by atomic mass is 10.1. The minimum Gasteiger partial charge on any atom is -0.387 e. The smallest absolute Gasteiger partial charge is 0.0914 e. The average molecular weight is 212 g/mol. The maximum Gasteiger partial charge on any atom is 0.0914 e. The van der Waals surface area contributed by atoms with Crippen LogP contribution in [0, 0.1) is 0 Å². The number of halogens is 1. The van der Waals surface area contributed by atoms with E-state index < -0.39 is 6.10 Å². The van der Waals surface area contributed by atoms with Gasteiger partial charge in [0.2, 0.25) is 0 Å². The lowest BCUT2D eigenvalue weighted by Crippen LogP contribution is -2.23. The second-order valence-corrected chi connectivity index (χ2v) is 4.19. The van der Waals surface area contributed by atoms with E-state index in [1.807, 2.05) is 18.2 Å². The molecule has 1 saturated carbocycles. The first-order valence-corrected chi connectivity index (χ1v) is 5.30. The Hall–Kier alpha value is -0.570. The number of aliphatic hydroxyl groups excluding tert-OH is 1. The number of aliphatic hydroxyl groups is 1. The van der Waals surface area contributed by atoms with Crippen molar-refractivity contribution in [3.8, 4) is 0 Å². The fourth-order valence-electron chi connectivity index (χ4n) is 1.40. The molecule has 2 rings (SSSR count). The highest BCUT2D eigenvalue weighted by Crippen LogP contribution is 2.21. The fourth-order valence-corrected chi connectivity index (χ4v) is 1.60. The Bertz CT molecular complexity index is 312. The van der Waals surface area contributed by atoms with Crippen LogP contribution in [0.4, 0.5) is 0 Å². The molecule has 0 aliphatic heterocycles.